The molecule has 0 atom stereocenters. The Morgan fingerprint density at radius 3 is 3.04 bits per heavy atom. The number of fused-ring (bicyclic) bond motifs is 2. The first-order chi connectivity index (χ1) is 11.2. The average Bonchev–Trinajstić information content (AvgIpc) is 3.18. The minimum atomic E-state index is -0.192. The van der Waals surface area contributed by atoms with Gasteiger partial charge in [0.25, 0.3) is 5.91 Å². The summed E-state index contributed by atoms with van der Waals surface area (Å²) >= 11 is 0. The molecule has 0 fully saturated rings. The number of pyridine rings is 1. The molecule has 0 spiro atoms. The molecule has 7 nitrogen and oxygen atoms in total. The largest absolute Gasteiger partial charge is 0.454 e. The molecule has 0 aliphatic carbocycles. The quantitative estimate of drug-likeness (QED) is 0.795. The molecule has 1 N–H and O–H groups in total. The van der Waals surface area contributed by atoms with E-state index in [9.17, 15) is 4.79 Å². The summed E-state index contributed by atoms with van der Waals surface area (Å²) in [5.41, 5.74) is 2.87. The third-order valence-corrected chi connectivity index (χ3v) is 3.70. The number of amides is 1. The van der Waals surface area contributed by atoms with Crippen molar-refractivity contribution in [2.24, 2.45) is 7.05 Å². The molecule has 0 saturated heterocycles. The van der Waals surface area contributed by atoms with Crippen LogP contribution in [0.1, 0.15) is 15.9 Å². The Morgan fingerprint density at radius 1 is 1.26 bits per heavy atom. The van der Waals surface area contributed by atoms with Crippen molar-refractivity contribution >= 4 is 17.1 Å². The Morgan fingerprint density at radius 2 is 2.13 bits per heavy atom. The number of hydrogen-bond donors (Lipinski definition) is 1. The molecular formula is C16H14N4O3. The van der Waals surface area contributed by atoms with E-state index in [0.717, 1.165) is 17.0 Å². The molecule has 0 saturated carbocycles. The Balaban J connectivity index is 1.48. The molecule has 0 unspecified atom stereocenters. The van der Waals surface area contributed by atoms with Gasteiger partial charge in [0.05, 0.1) is 11.9 Å². The van der Waals surface area contributed by atoms with Crippen LogP contribution in [0, 0.1) is 0 Å². The van der Waals surface area contributed by atoms with Crippen LogP contribution in [0.25, 0.3) is 11.2 Å². The van der Waals surface area contributed by atoms with Crippen LogP contribution in [0.2, 0.25) is 0 Å². The van der Waals surface area contributed by atoms with Gasteiger partial charge in [-0.25, -0.2) is 9.97 Å². The Labute approximate surface area is 131 Å². The van der Waals surface area contributed by atoms with Crippen molar-refractivity contribution in [2.45, 2.75) is 6.54 Å². The third-order valence-electron chi connectivity index (χ3n) is 3.70. The van der Waals surface area contributed by atoms with Gasteiger partial charge in [0, 0.05) is 19.8 Å². The van der Waals surface area contributed by atoms with Crippen LogP contribution >= 0.6 is 0 Å². The maximum atomic E-state index is 12.3. The van der Waals surface area contributed by atoms with Crippen LogP contribution in [0.5, 0.6) is 11.5 Å². The Kier molecular flexibility index (Phi) is 3.11. The molecule has 2 aromatic heterocycles. The topological polar surface area (TPSA) is 78.3 Å². The standard InChI is InChI=1S/C16H14N4O3/c1-20-8-19-12-5-11(7-17-15(12)20)16(21)18-6-10-2-3-13-14(4-10)23-9-22-13/h2-5,7-8H,6,9H2,1H3,(H,18,21). The van der Waals surface area contributed by atoms with E-state index in [1.807, 2.05) is 29.8 Å². The number of rotatable bonds is 3. The summed E-state index contributed by atoms with van der Waals surface area (Å²) in [7, 11) is 1.86. The summed E-state index contributed by atoms with van der Waals surface area (Å²) in [6, 6.07) is 7.33. The molecule has 23 heavy (non-hydrogen) atoms. The number of hydrogen-bond acceptors (Lipinski definition) is 5. The van der Waals surface area contributed by atoms with Crippen molar-refractivity contribution in [3.8, 4) is 11.5 Å². The lowest BCUT2D eigenvalue weighted by atomic mass is 10.2. The van der Waals surface area contributed by atoms with Crippen molar-refractivity contribution in [3.05, 3.63) is 47.9 Å². The number of nitrogens with one attached hydrogen (secondary N) is 1. The number of aromatic nitrogens is 3. The average molecular weight is 310 g/mol. The van der Waals surface area contributed by atoms with Gasteiger partial charge < -0.3 is 19.4 Å². The Hall–Kier alpha value is -3.09. The number of ether oxygens (including phenoxy) is 2. The van der Waals surface area contributed by atoms with Crippen LogP contribution in [0.15, 0.2) is 36.8 Å². The van der Waals surface area contributed by atoms with Crippen molar-refractivity contribution in [1.82, 2.24) is 19.9 Å². The SMILES string of the molecule is Cn1cnc2cc(C(=O)NCc3ccc4c(c3)OCO4)cnc21. The fraction of sp³-hybridized carbons (Fsp3) is 0.188. The molecule has 4 rings (SSSR count). The van der Waals surface area contributed by atoms with E-state index in [1.165, 1.54) is 0 Å². The monoisotopic (exact) mass is 310 g/mol. The first-order valence-corrected chi connectivity index (χ1v) is 7.14. The lowest BCUT2D eigenvalue weighted by molar-refractivity contribution is 0.0950. The van der Waals surface area contributed by atoms with E-state index >= 15 is 0 Å². The fourth-order valence-corrected chi connectivity index (χ4v) is 2.48. The van der Waals surface area contributed by atoms with Crippen molar-refractivity contribution < 1.29 is 14.3 Å². The first kappa shape index (κ1) is 13.6. The molecule has 1 aliphatic rings. The second kappa shape index (κ2) is 5.28. The van der Waals surface area contributed by atoms with Gasteiger partial charge in [-0.15, -0.1) is 0 Å². The zero-order valence-electron chi connectivity index (χ0n) is 12.4. The minimum Gasteiger partial charge on any atom is -0.454 e. The van der Waals surface area contributed by atoms with Crippen molar-refractivity contribution in [3.63, 3.8) is 0 Å². The second-order valence-electron chi connectivity index (χ2n) is 5.29. The van der Waals surface area contributed by atoms with E-state index in [2.05, 4.69) is 15.3 Å². The minimum absolute atomic E-state index is 0.192. The normalized spacial score (nSPS) is 12.6. The number of carbonyl (C=O) groups is 1. The molecule has 116 valence electrons. The number of imidazole rings is 1. The van der Waals surface area contributed by atoms with Gasteiger partial charge in [0.2, 0.25) is 6.79 Å². The zero-order chi connectivity index (χ0) is 15.8. The summed E-state index contributed by atoms with van der Waals surface area (Å²) in [5.74, 6) is 1.24. The highest BCUT2D eigenvalue weighted by atomic mass is 16.7. The number of benzene rings is 1. The van der Waals surface area contributed by atoms with Gasteiger partial charge in [0.1, 0.15) is 5.52 Å². The van der Waals surface area contributed by atoms with Gasteiger partial charge in [-0.1, -0.05) is 6.07 Å². The number of carbonyl (C=O) groups excluding carboxylic acids is 1. The van der Waals surface area contributed by atoms with Crippen LogP contribution in [-0.2, 0) is 13.6 Å². The molecule has 3 aromatic rings. The van der Waals surface area contributed by atoms with Gasteiger partial charge in [-0.3, -0.25) is 4.79 Å². The van der Waals surface area contributed by atoms with Gasteiger partial charge in [-0.2, -0.15) is 0 Å². The first-order valence-electron chi connectivity index (χ1n) is 7.14. The van der Waals surface area contributed by atoms with E-state index < -0.39 is 0 Å². The maximum Gasteiger partial charge on any atom is 0.253 e. The molecule has 0 bridgehead atoms. The molecule has 1 aromatic carbocycles. The third kappa shape index (κ3) is 2.46. The fourth-order valence-electron chi connectivity index (χ4n) is 2.48. The predicted octanol–water partition coefficient (Wildman–Crippen LogP) is 1.63. The number of aryl methyl sites for hydroxylation is 1. The summed E-state index contributed by atoms with van der Waals surface area (Å²) in [4.78, 5) is 20.7. The summed E-state index contributed by atoms with van der Waals surface area (Å²) < 4.78 is 12.4. The van der Waals surface area contributed by atoms with Crippen LogP contribution < -0.4 is 14.8 Å². The maximum absolute atomic E-state index is 12.3. The zero-order valence-corrected chi connectivity index (χ0v) is 12.4. The second-order valence-corrected chi connectivity index (χ2v) is 5.29. The summed E-state index contributed by atoms with van der Waals surface area (Å²) in [5, 5.41) is 2.87. The predicted molar refractivity (Wildman–Crippen MR) is 82.2 cm³/mol. The lowest BCUT2D eigenvalue weighted by Gasteiger charge is -2.06. The Bertz CT molecular complexity index is 903. The van der Waals surface area contributed by atoms with Gasteiger partial charge in [0.15, 0.2) is 17.1 Å². The van der Waals surface area contributed by atoms with Crippen molar-refractivity contribution in [1.29, 1.82) is 0 Å². The molecule has 7 heteroatoms. The summed E-state index contributed by atoms with van der Waals surface area (Å²) in [6.07, 6.45) is 3.23. The highest BCUT2D eigenvalue weighted by Crippen LogP contribution is 2.32. The number of nitrogens with zero attached hydrogens (tertiary/aromatic N) is 3. The molecule has 0 radical (unpaired) electrons. The molecule has 1 amide bonds. The molecular weight excluding hydrogens is 296 g/mol. The van der Waals surface area contributed by atoms with Crippen LogP contribution in [0.4, 0.5) is 0 Å². The van der Waals surface area contributed by atoms with Gasteiger partial charge in [-0.05, 0) is 23.8 Å². The van der Waals surface area contributed by atoms with Crippen LogP contribution in [-0.4, -0.2) is 27.2 Å². The van der Waals surface area contributed by atoms with Crippen LogP contribution in [0.3, 0.4) is 0 Å². The highest BCUT2D eigenvalue weighted by Gasteiger charge is 2.14. The van der Waals surface area contributed by atoms with E-state index in [1.54, 1.807) is 18.6 Å². The van der Waals surface area contributed by atoms with E-state index in [0.29, 0.717) is 23.4 Å². The van der Waals surface area contributed by atoms with E-state index in [-0.39, 0.29) is 12.7 Å². The van der Waals surface area contributed by atoms with E-state index in [4.69, 9.17) is 9.47 Å². The highest BCUT2D eigenvalue weighted by molar-refractivity contribution is 5.96. The smallest absolute Gasteiger partial charge is 0.253 e. The molecule has 1 aliphatic heterocycles. The lowest BCUT2D eigenvalue weighted by Crippen LogP contribution is -2.22. The molecule has 3 heterocycles. The van der Waals surface area contributed by atoms with Gasteiger partial charge >= 0.3 is 0 Å². The van der Waals surface area contributed by atoms with Crippen molar-refractivity contribution in [2.75, 3.05) is 6.79 Å². The summed E-state index contributed by atoms with van der Waals surface area (Å²) in [6.45, 7) is 0.636.